The monoisotopic (exact) mass is 252 g/mol. The van der Waals surface area contributed by atoms with Gasteiger partial charge in [-0.1, -0.05) is 20.8 Å². The molecule has 1 saturated heterocycles. The third-order valence-electron chi connectivity index (χ3n) is 5.80. The van der Waals surface area contributed by atoms with Crippen molar-refractivity contribution in [3.63, 3.8) is 0 Å². The molecule has 1 aliphatic heterocycles. The molecular weight excluding hydrogens is 220 g/mol. The number of nitrogens with two attached hydrogens (primary N) is 1. The molecule has 2 unspecified atom stereocenters. The molecule has 0 amide bonds. The highest BCUT2D eigenvalue weighted by Crippen LogP contribution is 2.49. The Labute approximate surface area is 113 Å². The highest BCUT2D eigenvalue weighted by atomic mass is 15.3. The molecule has 106 valence electrons. The molecule has 0 aromatic rings. The molecule has 0 aromatic heterocycles. The van der Waals surface area contributed by atoms with Gasteiger partial charge in [-0.2, -0.15) is 0 Å². The van der Waals surface area contributed by atoms with Crippen molar-refractivity contribution in [3.8, 4) is 0 Å². The Morgan fingerprint density at radius 2 is 1.78 bits per heavy atom. The Morgan fingerprint density at radius 3 is 2.22 bits per heavy atom. The summed E-state index contributed by atoms with van der Waals surface area (Å²) >= 11 is 0. The van der Waals surface area contributed by atoms with E-state index in [-0.39, 0.29) is 5.54 Å². The van der Waals surface area contributed by atoms with Crippen LogP contribution >= 0.6 is 0 Å². The fourth-order valence-electron chi connectivity index (χ4n) is 4.67. The second-order valence-corrected chi connectivity index (χ2v) is 8.14. The van der Waals surface area contributed by atoms with Crippen molar-refractivity contribution in [1.29, 1.82) is 0 Å². The molecule has 2 aliphatic rings. The van der Waals surface area contributed by atoms with Crippen LogP contribution in [0.1, 0.15) is 66.7 Å². The van der Waals surface area contributed by atoms with Gasteiger partial charge in [0.2, 0.25) is 0 Å². The maximum atomic E-state index is 6.28. The summed E-state index contributed by atoms with van der Waals surface area (Å²) in [6.07, 6.45) is 6.58. The van der Waals surface area contributed by atoms with Crippen LogP contribution in [-0.4, -0.2) is 29.1 Å². The molecule has 1 saturated carbocycles. The van der Waals surface area contributed by atoms with Gasteiger partial charge in [-0.15, -0.1) is 0 Å². The van der Waals surface area contributed by atoms with Crippen LogP contribution in [0.3, 0.4) is 0 Å². The second kappa shape index (κ2) is 4.49. The van der Waals surface area contributed by atoms with Crippen LogP contribution < -0.4 is 5.73 Å². The highest BCUT2D eigenvalue weighted by Gasteiger charge is 2.51. The summed E-state index contributed by atoms with van der Waals surface area (Å²) in [4.78, 5) is 2.76. The zero-order valence-electron chi connectivity index (χ0n) is 13.1. The predicted molar refractivity (Wildman–Crippen MR) is 78.6 cm³/mol. The average Bonchev–Trinajstić information content (AvgIpc) is 2.59. The first kappa shape index (κ1) is 14.3. The SMILES string of the molecule is CC1CC(C)(C)CCC1(CN)N1CCCC1(C)C. The van der Waals surface area contributed by atoms with Gasteiger partial charge in [0.1, 0.15) is 0 Å². The van der Waals surface area contributed by atoms with E-state index in [1.165, 1.54) is 38.6 Å². The van der Waals surface area contributed by atoms with Crippen molar-refractivity contribution in [1.82, 2.24) is 4.90 Å². The van der Waals surface area contributed by atoms with Crippen LogP contribution in [0.4, 0.5) is 0 Å². The Kier molecular flexibility index (Phi) is 3.57. The number of likely N-dealkylation sites (tertiary alicyclic amines) is 1. The van der Waals surface area contributed by atoms with Gasteiger partial charge >= 0.3 is 0 Å². The summed E-state index contributed by atoms with van der Waals surface area (Å²) in [7, 11) is 0. The third-order valence-corrected chi connectivity index (χ3v) is 5.80. The van der Waals surface area contributed by atoms with Crippen LogP contribution in [0.5, 0.6) is 0 Å². The summed E-state index contributed by atoms with van der Waals surface area (Å²) < 4.78 is 0. The number of rotatable bonds is 2. The highest BCUT2D eigenvalue weighted by molar-refractivity contribution is 5.07. The van der Waals surface area contributed by atoms with E-state index in [1.54, 1.807) is 0 Å². The van der Waals surface area contributed by atoms with Gasteiger partial charge in [0, 0.05) is 17.6 Å². The van der Waals surface area contributed by atoms with E-state index in [0.717, 1.165) is 6.54 Å². The lowest BCUT2D eigenvalue weighted by atomic mass is 9.62. The lowest BCUT2D eigenvalue weighted by Crippen LogP contribution is -2.64. The van der Waals surface area contributed by atoms with Gasteiger partial charge in [0.15, 0.2) is 0 Å². The van der Waals surface area contributed by atoms with Crippen molar-refractivity contribution >= 4 is 0 Å². The maximum absolute atomic E-state index is 6.28. The first-order valence-corrected chi connectivity index (χ1v) is 7.71. The number of hydrogen-bond donors (Lipinski definition) is 1. The minimum Gasteiger partial charge on any atom is -0.329 e. The molecule has 2 heteroatoms. The number of nitrogens with zero attached hydrogens (tertiary/aromatic N) is 1. The number of hydrogen-bond acceptors (Lipinski definition) is 2. The van der Waals surface area contributed by atoms with Crippen molar-refractivity contribution in [2.75, 3.05) is 13.1 Å². The molecule has 2 nitrogen and oxygen atoms in total. The van der Waals surface area contributed by atoms with Crippen molar-refractivity contribution in [2.24, 2.45) is 17.1 Å². The molecule has 1 aliphatic carbocycles. The summed E-state index contributed by atoms with van der Waals surface area (Å²) in [6, 6.07) is 0. The molecule has 2 N–H and O–H groups in total. The van der Waals surface area contributed by atoms with E-state index in [1.807, 2.05) is 0 Å². The fourth-order valence-corrected chi connectivity index (χ4v) is 4.67. The maximum Gasteiger partial charge on any atom is 0.0362 e. The largest absolute Gasteiger partial charge is 0.329 e. The molecule has 0 spiro atoms. The van der Waals surface area contributed by atoms with Crippen LogP contribution in [-0.2, 0) is 0 Å². The van der Waals surface area contributed by atoms with E-state index < -0.39 is 0 Å². The van der Waals surface area contributed by atoms with Crippen molar-refractivity contribution in [3.05, 3.63) is 0 Å². The Balaban J connectivity index is 2.26. The summed E-state index contributed by atoms with van der Waals surface area (Å²) in [5.74, 6) is 0.712. The lowest BCUT2D eigenvalue weighted by molar-refractivity contribution is -0.0536. The summed E-state index contributed by atoms with van der Waals surface area (Å²) in [5.41, 5.74) is 7.38. The average molecular weight is 252 g/mol. The van der Waals surface area contributed by atoms with Crippen molar-refractivity contribution < 1.29 is 0 Å². The Bertz CT molecular complexity index is 308. The minimum absolute atomic E-state index is 0.259. The zero-order chi connectivity index (χ0) is 13.6. The fraction of sp³-hybridized carbons (Fsp3) is 1.00. The molecule has 0 bridgehead atoms. The van der Waals surface area contributed by atoms with E-state index in [9.17, 15) is 0 Å². The minimum atomic E-state index is 0.259. The lowest BCUT2D eigenvalue weighted by Gasteiger charge is -2.56. The van der Waals surface area contributed by atoms with Crippen molar-refractivity contribution in [2.45, 2.75) is 77.8 Å². The molecule has 0 radical (unpaired) electrons. The van der Waals surface area contributed by atoms with Crippen LogP contribution in [0.25, 0.3) is 0 Å². The van der Waals surface area contributed by atoms with Gasteiger partial charge in [-0.25, -0.2) is 0 Å². The first-order chi connectivity index (χ1) is 8.23. The first-order valence-electron chi connectivity index (χ1n) is 7.71. The molecule has 18 heavy (non-hydrogen) atoms. The standard InChI is InChI=1S/C16H32N2/c1-13-11-14(2,3)8-9-16(13,12-17)18-10-6-7-15(18,4)5/h13H,6-12,17H2,1-5H3. The van der Waals surface area contributed by atoms with Crippen LogP contribution in [0.15, 0.2) is 0 Å². The van der Waals surface area contributed by atoms with Gasteiger partial charge in [0.05, 0.1) is 0 Å². The van der Waals surface area contributed by atoms with Crippen LogP contribution in [0.2, 0.25) is 0 Å². The Morgan fingerprint density at radius 1 is 1.11 bits per heavy atom. The normalized spacial score (nSPS) is 40.0. The molecule has 2 atom stereocenters. The zero-order valence-corrected chi connectivity index (χ0v) is 13.1. The molecule has 1 heterocycles. The molecule has 2 fully saturated rings. The summed E-state index contributed by atoms with van der Waals surface area (Å²) in [5, 5.41) is 0. The molecular formula is C16H32N2. The quantitative estimate of drug-likeness (QED) is 0.816. The molecule has 0 aromatic carbocycles. The van der Waals surface area contributed by atoms with Gasteiger partial charge in [-0.3, -0.25) is 4.90 Å². The smallest absolute Gasteiger partial charge is 0.0362 e. The van der Waals surface area contributed by atoms with E-state index >= 15 is 0 Å². The predicted octanol–water partition coefficient (Wildman–Crippen LogP) is 3.40. The second-order valence-electron chi connectivity index (χ2n) is 8.14. The molecule has 2 rings (SSSR count). The van der Waals surface area contributed by atoms with E-state index in [2.05, 4.69) is 39.5 Å². The van der Waals surface area contributed by atoms with Gasteiger partial charge < -0.3 is 5.73 Å². The van der Waals surface area contributed by atoms with Gasteiger partial charge in [-0.05, 0) is 63.8 Å². The van der Waals surface area contributed by atoms with E-state index in [0.29, 0.717) is 16.9 Å². The van der Waals surface area contributed by atoms with Crippen LogP contribution in [0, 0.1) is 11.3 Å². The third kappa shape index (κ3) is 2.22. The topological polar surface area (TPSA) is 29.3 Å². The van der Waals surface area contributed by atoms with E-state index in [4.69, 9.17) is 5.73 Å². The summed E-state index contributed by atoms with van der Waals surface area (Å²) in [6.45, 7) is 14.1. The van der Waals surface area contributed by atoms with Gasteiger partial charge in [0.25, 0.3) is 0 Å². The Hall–Kier alpha value is -0.0800.